The van der Waals surface area contributed by atoms with Gasteiger partial charge in [-0.15, -0.1) is 10.2 Å². The summed E-state index contributed by atoms with van der Waals surface area (Å²) >= 11 is 0. The lowest BCUT2D eigenvalue weighted by atomic mass is 9.79. The molecule has 5 aromatic rings. The molecule has 314 valence electrons. The van der Waals surface area contributed by atoms with E-state index < -0.39 is 0 Å². The van der Waals surface area contributed by atoms with E-state index in [1.54, 1.807) is 4.68 Å². The molecule has 0 saturated carbocycles. The molecule has 0 spiro atoms. The van der Waals surface area contributed by atoms with Crippen molar-refractivity contribution in [3.63, 3.8) is 0 Å². The van der Waals surface area contributed by atoms with Crippen LogP contribution in [-0.4, -0.2) is 78.6 Å². The maximum Gasteiger partial charge on any atom is 0.232 e. The number of anilines is 2. The Balaban J connectivity index is 0.916. The summed E-state index contributed by atoms with van der Waals surface area (Å²) in [6.45, 7) is 14.4. The minimum absolute atomic E-state index is 0.0388. The maximum atomic E-state index is 13.6. The molecule has 12 nitrogen and oxygen atoms in total. The standard InChI is InChI=1S/C47H62N8O4/c1-32-12-10-13-33(2)54(32)46-50-49-43-23-21-37(30-53(43)46)59-40-22-19-34(38-15-6-7-16-39(38)40)14-11-17-45(57)48-44-29-42(47(3,4)5)51-55(44)36-20-18-35(31-56)41(28-36)58-27-26-52-24-8-9-25-52/h6-7,15-16,18,20-21,23,28-30,32-34,40,56H,8-14,17,19,22,24-27,31H2,1-5H3,(H,48,57)/t32-,33+,34?,40-/m1/s1. The van der Waals surface area contributed by atoms with Crippen LogP contribution >= 0.6 is 0 Å². The average Bonchev–Trinajstić information content (AvgIpc) is 4.00. The zero-order valence-electron chi connectivity index (χ0n) is 35.6. The van der Waals surface area contributed by atoms with Crippen LogP contribution in [0.5, 0.6) is 11.5 Å². The third kappa shape index (κ3) is 9.13. The van der Waals surface area contributed by atoms with Crippen molar-refractivity contribution in [2.45, 2.75) is 135 Å². The number of carbonyl (C=O) groups is 1. The van der Waals surface area contributed by atoms with Gasteiger partial charge in [0.1, 0.15) is 30.0 Å². The summed E-state index contributed by atoms with van der Waals surface area (Å²) in [4.78, 5) is 18.4. The van der Waals surface area contributed by atoms with Gasteiger partial charge >= 0.3 is 0 Å². The highest BCUT2D eigenvalue weighted by Gasteiger charge is 2.31. The normalized spacial score (nSPS) is 21.2. The molecule has 0 radical (unpaired) electrons. The summed E-state index contributed by atoms with van der Waals surface area (Å²) in [5.74, 6) is 3.27. The molecule has 3 aliphatic rings. The number of aliphatic hydroxyl groups excluding tert-OH is 1. The van der Waals surface area contributed by atoms with Crippen molar-refractivity contribution in [1.29, 1.82) is 0 Å². The van der Waals surface area contributed by atoms with Crippen LogP contribution in [0, 0.1) is 0 Å². The number of amides is 1. The predicted octanol–water partition coefficient (Wildman–Crippen LogP) is 8.75. The largest absolute Gasteiger partial charge is 0.492 e. The van der Waals surface area contributed by atoms with Crippen LogP contribution in [-0.2, 0) is 16.8 Å². The topological polar surface area (TPSA) is 122 Å². The lowest BCUT2D eigenvalue weighted by Crippen LogP contribution is -2.44. The van der Waals surface area contributed by atoms with E-state index in [9.17, 15) is 9.90 Å². The van der Waals surface area contributed by atoms with Crippen LogP contribution in [0.2, 0.25) is 0 Å². The van der Waals surface area contributed by atoms with Crippen LogP contribution in [0.15, 0.2) is 66.9 Å². The Morgan fingerprint density at radius 1 is 0.915 bits per heavy atom. The van der Waals surface area contributed by atoms with Crippen LogP contribution in [0.1, 0.15) is 133 Å². The van der Waals surface area contributed by atoms with Crippen LogP contribution in [0.4, 0.5) is 11.8 Å². The first kappa shape index (κ1) is 40.8. The summed E-state index contributed by atoms with van der Waals surface area (Å²) in [5.41, 5.74) is 5.50. The third-order valence-electron chi connectivity index (χ3n) is 12.7. The van der Waals surface area contributed by atoms with Gasteiger partial charge in [-0.25, -0.2) is 4.68 Å². The number of fused-ring (bicyclic) bond motifs is 2. The number of aliphatic hydroxyl groups is 1. The first-order valence-electron chi connectivity index (χ1n) is 21.9. The van der Waals surface area contributed by atoms with Gasteiger partial charge in [-0.05, 0) is 120 Å². The molecule has 1 aliphatic carbocycles. The summed E-state index contributed by atoms with van der Waals surface area (Å²) in [7, 11) is 0. The van der Waals surface area contributed by atoms with Gasteiger partial charge < -0.3 is 24.8 Å². The molecule has 59 heavy (non-hydrogen) atoms. The minimum Gasteiger partial charge on any atom is -0.492 e. The van der Waals surface area contributed by atoms with Gasteiger partial charge in [0.15, 0.2) is 5.65 Å². The van der Waals surface area contributed by atoms with E-state index in [-0.39, 0.29) is 24.0 Å². The fourth-order valence-corrected chi connectivity index (χ4v) is 9.33. The molecule has 2 N–H and O–H groups in total. The van der Waals surface area contributed by atoms with Crippen molar-refractivity contribution in [3.05, 3.63) is 89.2 Å². The Hall–Kier alpha value is -4.94. The van der Waals surface area contributed by atoms with Gasteiger partial charge in [-0.1, -0.05) is 51.1 Å². The van der Waals surface area contributed by atoms with E-state index in [2.05, 4.69) is 94.8 Å². The maximum absolute atomic E-state index is 13.6. The number of ether oxygens (including phenoxy) is 2. The lowest BCUT2D eigenvalue weighted by Gasteiger charge is -2.39. The summed E-state index contributed by atoms with van der Waals surface area (Å²) in [5, 5.41) is 27.3. The molecular formula is C47H62N8O4. The third-order valence-corrected chi connectivity index (χ3v) is 12.7. The molecule has 0 bridgehead atoms. The fraction of sp³-hybridized carbons (Fsp3) is 0.532. The van der Waals surface area contributed by atoms with E-state index >= 15 is 0 Å². The molecule has 2 aliphatic heterocycles. The summed E-state index contributed by atoms with van der Waals surface area (Å²) in [6, 6.07) is 21.2. The monoisotopic (exact) mass is 802 g/mol. The van der Waals surface area contributed by atoms with Crippen molar-refractivity contribution in [2.24, 2.45) is 0 Å². The number of hydrogen-bond donors (Lipinski definition) is 2. The minimum atomic E-state index is -0.225. The van der Waals surface area contributed by atoms with Crippen molar-refractivity contribution in [1.82, 2.24) is 29.3 Å². The van der Waals surface area contributed by atoms with Gasteiger partial charge in [-0.3, -0.25) is 14.1 Å². The number of nitrogens with one attached hydrogen (secondary N) is 1. The van der Waals surface area contributed by atoms with Crippen molar-refractivity contribution in [2.75, 3.05) is 36.5 Å². The molecule has 12 heteroatoms. The highest BCUT2D eigenvalue weighted by Crippen LogP contribution is 2.42. The van der Waals surface area contributed by atoms with Crippen molar-refractivity contribution >= 4 is 23.3 Å². The SMILES string of the molecule is C[C@@H]1CCC[C@H](C)N1c1nnc2ccc(O[C@@H]3CCC(CCCC(=O)Nc4cc(C(C)(C)C)nn4-c4ccc(CO)c(OCCN5CCCC5)c4)c4ccccc43)cn12. The Labute approximate surface area is 348 Å². The second-order valence-electron chi connectivity index (χ2n) is 18.0. The molecule has 3 aromatic heterocycles. The highest BCUT2D eigenvalue weighted by atomic mass is 16.5. The number of piperidine rings is 1. The Morgan fingerprint density at radius 2 is 1.69 bits per heavy atom. The number of likely N-dealkylation sites (tertiary alicyclic amines) is 1. The van der Waals surface area contributed by atoms with Gasteiger partial charge in [0.05, 0.1) is 24.2 Å². The molecule has 2 saturated heterocycles. The summed E-state index contributed by atoms with van der Waals surface area (Å²) < 4.78 is 16.9. The number of benzene rings is 2. The smallest absolute Gasteiger partial charge is 0.232 e. The zero-order valence-corrected chi connectivity index (χ0v) is 35.6. The first-order chi connectivity index (χ1) is 28.6. The van der Waals surface area contributed by atoms with Crippen molar-refractivity contribution < 1.29 is 19.4 Å². The Bertz CT molecular complexity index is 2210. The number of pyridine rings is 1. The molecule has 8 rings (SSSR count). The van der Waals surface area contributed by atoms with Crippen LogP contribution < -0.4 is 19.7 Å². The molecular weight excluding hydrogens is 741 g/mol. The van der Waals surface area contributed by atoms with E-state index in [0.29, 0.717) is 42.6 Å². The number of rotatable bonds is 14. The van der Waals surface area contributed by atoms with Gasteiger partial charge in [0.2, 0.25) is 11.9 Å². The second kappa shape index (κ2) is 17.7. The van der Waals surface area contributed by atoms with Gasteiger partial charge in [0, 0.05) is 48.2 Å². The highest BCUT2D eigenvalue weighted by molar-refractivity contribution is 5.90. The van der Waals surface area contributed by atoms with E-state index in [1.807, 2.05) is 36.4 Å². The predicted molar refractivity (Wildman–Crippen MR) is 232 cm³/mol. The quantitative estimate of drug-likeness (QED) is 0.114. The second-order valence-corrected chi connectivity index (χ2v) is 18.0. The number of nitrogens with zero attached hydrogens (tertiary/aromatic N) is 7. The summed E-state index contributed by atoms with van der Waals surface area (Å²) in [6.07, 6.45) is 12.0. The molecule has 4 atom stereocenters. The average molecular weight is 803 g/mol. The molecule has 1 unspecified atom stereocenters. The molecule has 1 amide bonds. The van der Waals surface area contributed by atoms with Gasteiger partial charge in [-0.2, -0.15) is 5.10 Å². The first-order valence-corrected chi connectivity index (χ1v) is 21.9. The zero-order chi connectivity index (χ0) is 41.1. The van der Waals surface area contributed by atoms with E-state index in [4.69, 9.17) is 14.6 Å². The van der Waals surface area contributed by atoms with Gasteiger partial charge in [0.25, 0.3) is 0 Å². The number of carbonyl (C=O) groups excluding carboxylic acids is 1. The molecule has 5 heterocycles. The molecule has 2 fully saturated rings. The number of hydrogen-bond acceptors (Lipinski definition) is 9. The van der Waals surface area contributed by atoms with E-state index in [0.717, 1.165) is 92.4 Å². The van der Waals surface area contributed by atoms with Crippen molar-refractivity contribution in [3.8, 4) is 17.2 Å². The van der Waals surface area contributed by atoms with Crippen LogP contribution in [0.25, 0.3) is 11.3 Å². The molecule has 2 aromatic carbocycles. The Morgan fingerprint density at radius 3 is 2.46 bits per heavy atom. The fourth-order valence-electron chi connectivity index (χ4n) is 9.33. The van der Waals surface area contributed by atoms with Crippen LogP contribution in [0.3, 0.4) is 0 Å². The number of aromatic nitrogens is 5. The Kier molecular flexibility index (Phi) is 12.3. The van der Waals surface area contributed by atoms with E-state index in [1.165, 1.54) is 30.4 Å². The lowest BCUT2D eigenvalue weighted by molar-refractivity contribution is -0.116.